The monoisotopic (exact) mass is 325 g/mol. The first-order chi connectivity index (χ1) is 11.2. The minimum atomic E-state index is -0.282. The Hall–Kier alpha value is -2.07. The second-order valence-electron chi connectivity index (χ2n) is 6.19. The van der Waals surface area contributed by atoms with Gasteiger partial charge in [0.15, 0.2) is 0 Å². The molecule has 4 heteroatoms. The number of nitrogens with one attached hydrogen (secondary N) is 1. The largest absolute Gasteiger partial charge is 0.465 e. The van der Waals surface area contributed by atoms with Gasteiger partial charge in [-0.3, -0.25) is 0 Å². The lowest BCUT2D eigenvalue weighted by molar-refractivity contribution is 0.0601. The quantitative estimate of drug-likeness (QED) is 0.644. The molecule has 2 aliphatic rings. The van der Waals surface area contributed by atoms with Gasteiger partial charge < -0.3 is 10.1 Å². The van der Waals surface area contributed by atoms with E-state index in [1.807, 2.05) is 23.5 Å². The van der Waals surface area contributed by atoms with E-state index >= 15 is 0 Å². The van der Waals surface area contributed by atoms with Crippen LogP contribution in [0.4, 0.5) is 5.69 Å². The summed E-state index contributed by atoms with van der Waals surface area (Å²) in [7, 11) is 1.43. The normalized spacial score (nSPS) is 24.7. The molecule has 1 aromatic carbocycles. The molecule has 0 saturated heterocycles. The highest BCUT2D eigenvalue weighted by atomic mass is 32.1. The van der Waals surface area contributed by atoms with E-state index < -0.39 is 0 Å². The number of benzene rings is 1. The summed E-state index contributed by atoms with van der Waals surface area (Å²) in [5.74, 6) is 0.590. The van der Waals surface area contributed by atoms with Gasteiger partial charge in [0, 0.05) is 15.7 Å². The Balaban J connectivity index is 1.83. The van der Waals surface area contributed by atoms with Gasteiger partial charge in [-0.1, -0.05) is 24.3 Å². The molecule has 4 rings (SSSR count). The van der Waals surface area contributed by atoms with Crippen molar-refractivity contribution in [2.75, 3.05) is 12.4 Å². The van der Waals surface area contributed by atoms with Gasteiger partial charge in [-0.05, 0) is 43.0 Å². The zero-order valence-corrected chi connectivity index (χ0v) is 14.0. The number of carbonyl (C=O) groups is 1. The molecule has 3 atom stereocenters. The number of aryl methyl sites for hydroxylation is 1. The van der Waals surface area contributed by atoms with Gasteiger partial charge in [0.25, 0.3) is 0 Å². The molecule has 3 unspecified atom stereocenters. The highest BCUT2D eigenvalue weighted by Gasteiger charge is 2.39. The molecule has 0 amide bonds. The molecule has 0 bridgehead atoms. The molecule has 0 spiro atoms. The fourth-order valence-electron chi connectivity index (χ4n) is 3.80. The maximum Gasteiger partial charge on any atom is 0.339 e. The lowest BCUT2D eigenvalue weighted by Crippen LogP contribution is -2.29. The van der Waals surface area contributed by atoms with Crippen molar-refractivity contribution in [2.24, 2.45) is 5.92 Å². The third-order valence-electron chi connectivity index (χ3n) is 4.87. The SMILES string of the molecule is COC(=O)c1cccc2c1NC(c1ccc(C)s1)C1CC=CC21. The van der Waals surface area contributed by atoms with Crippen LogP contribution < -0.4 is 5.32 Å². The number of hydrogen-bond acceptors (Lipinski definition) is 4. The lowest BCUT2D eigenvalue weighted by atomic mass is 9.78. The number of para-hydroxylation sites is 1. The first-order valence-electron chi connectivity index (χ1n) is 7.90. The number of anilines is 1. The predicted octanol–water partition coefficient (Wildman–Crippen LogP) is 4.67. The summed E-state index contributed by atoms with van der Waals surface area (Å²) in [6.07, 6.45) is 5.63. The van der Waals surface area contributed by atoms with Crippen LogP contribution in [-0.4, -0.2) is 13.1 Å². The molecule has 1 aliphatic heterocycles. The average molecular weight is 325 g/mol. The summed E-state index contributed by atoms with van der Waals surface area (Å²) < 4.78 is 4.96. The number of rotatable bonds is 2. The van der Waals surface area contributed by atoms with Crippen LogP contribution in [0.2, 0.25) is 0 Å². The highest BCUT2D eigenvalue weighted by Crippen LogP contribution is 2.51. The van der Waals surface area contributed by atoms with Crippen LogP contribution in [0.25, 0.3) is 0 Å². The maximum atomic E-state index is 12.1. The Labute approximate surface area is 140 Å². The van der Waals surface area contributed by atoms with Gasteiger partial charge in [0.1, 0.15) is 0 Å². The van der Waals surface area contributed by atoms with Crippen LogP contribution in [0, 0.1) is 12.8 Å². The van der Waals surface area contributed by atoms with E-state index in [2.05, 4.69) is 42.6 Å². The number of thiophene rings is 1. The lowest BCUT2D eigenvalue weighted by Gasteiger charge is -2.37. The van der Waals surface area contributed by atoms with Crippen LogP contribution >= 0.6 is 11.3 Å². The molecule has 0 fully saturated rings. The molecule has 23 heavy (non-hydrogen) atoms. The second kappa shape index (κ2) is 5.53. The summed E-state index contributed by atoms with van der Waals surface area (Å²) in [6, 6.07) is 10.5. The molecule has 118 valence electrons. The van der Waals surface area contributed by atoms with E-state index in [1.54, 1.807) is 0 Å². The summed E-state index contributed by atoms with van der Waals surface area (Å²) in [4.78, 5) is 14.8. The second-order valence-corrected chi connectivity index (χ2v) is 7.50. The molecule has 3 nitrogen and oxygen atoms in total. The number of ether oxygens (including phenoxy) is 1. The molecule has 1 N–H and O–H groups in total. The fraction of sp³-hybridized carbons (Fsp3) is 0.316. The van der Waals surface area contributed by atoms with Gasteiger partial charge in [-0.25, -0.2) is 4.79 Å². The summed E-state index contributed by atoms with van der Waals surface area (Å²) in [6.45, 7) is 2.13. The van der Waals surface area contributed by atoms with E-state index in [1.165, 1.54) is 22.4 Å². The van der Waals surface area contributed by atoms with Crippen LogP contribution in [0.1, 0.15) is 44.1 Å². The number of hydrogen-bond donors (Lipinski definition) is 1. The average Bonchev–Trinajstić information content (AvgIpc) is 3.22. The molecule has 2 aromatic rings. The van der Waals surface area contributed by atoms with Crippen molar-refractivity contribution in [3.63, 3.8) is 0 Å². The third kappa shape index (κ3) is 2.29. The smallest absolute Gasteiger partial charge is 0.339 e. The van der Waals surface area contributed by atoms with Gasteiger partial charge in [0.2, 0.25) is 0 Å². The number of fused-ring (bicyclic) bond motifs is 3. The first kappa shape index (κ1) is 14.5. The first-order valence-corrected chi connectivity index (χ1v) is 8.71. The van der Waals surface area contributed by atoms with Gasteiger partial charge in [-0.2, -0.15) is 0 Å². The summed E-state index contributed by atoms with van der Waals surface area (Å²) >= 11 is 1.83. The van der Waals surface area contributed by atoms with Crippen molar-refractivity contribution in [3.8, 4) is 0 Å². The van der Waals surface area contributed by atoms with Crippen LogP contribution in [0.3, 0.4) is 0 Å². The topological polar surface area (TPSA) is 38.3 Å². The molecule has 0 saturated carbocycles. The van der Waals surface area contributed by atoms with Gasteiger partial charge >= 0.3 is 5.97 Å². The number of carbonyl (C=O) groups excluding carboxylic acids is 1. The molecule has 2 heterocycles. The molecule has 0 radical (unpaired) electrons. The molecule has 1 aromatic heterocycles. The van der Waals surface area contributed by atoms with Crippen molar-refractivity contribution in [1.29, 1.82) is 0 Å². The minimum Gasteiger partial charge on any atom is -0.465 e. The minimum absolute atomic E-state index is 0.243. The van der Waals surface area contributed by atoms with Crippen LogP contribution in [0.5, 0.6) is 0 Å². The van der Waals surface area contributed by atoms with Gasteiger partial charge in [-0.15, -0.1) is 11.3 Å². The number of methoxy groups -OCH3 is 1. The Morgan fingerprint density at radius 1 is 1.30 bits per heavy atom. The molecular weight excluding hydrogens is 306 g/mol. The van der Waals surface area contributed by atoms with E-state index in [-0.39, 0.29) is 12.0 Å². The highest BCUT2D eigenvalue weighted by molar-refractivity contribution is 7.12. The predicted molar refractivity (Wildman–Crippen MR) is 93.2 cm³/mol. The standard InChI is InChI=1S/C19H19NO2S/c1-11-9-10-16(23-11)18-14-7-3-5-12(14)13-6-4-8-15(17(13)20-18)19(21)22-2/h3-6,8-10,12,14,18,20H,7H2,1-2H3. The molecule has 1 aliphatic carbocycles. The van der Waals surface area contributed by atoms with Crippen molar-refractivity contribution in [1.82, 2.24) is 0 Å². The van der Waals surface area contributed by atoms with Crippen LogP contribution in [0.15, 0.2) is 42.5 Å². The maximum absolute atomic E-state index is 12.1. The zero-order valence-electron chi connectivity index (χ0n) is 13.2. The number of allylic oxidation sites excluding steroid dienone is 2. The van der Waals surface area contributed by atoms with Crippen LogP contribution in [-0.2, 0) is 4.74 Å². The summed E-state index contributed by atoms with van der Waals surface area (Å²) in [5.41, 5.74) is 2.77. The summed E-state index contributed by atoms with van der Waals surface area (Å²) in [5, 5.41) is 3.65. The zero-order chi connectivity index (χ0) is 16.0. The van der Waals surface area contributed by atoms with E-state index in [9.17, 15) is 4.79 Å². The Morgan fingerprint density at radius 2 is 2.17 bits per heavy atom. The Kier molecular flexibility index (Phi) is 3.49. The molecular formula is C19H19NO2S. The Bertz CT molecular complexity index is 792. The van der Waals surface area contributed by atoms with Crippen molar-refractivity contribution < 1.29 is 9.53 Å². The number of esters is 1. The fourth-order valence-corrected chi connectivity index (χ4v) is 4.81. The van der Waals surface area contributed by atoms with E-state index in [4.69, 9.17) is 4.74 Å². The van der Waals surface area contributed by atoms with Gasteiger partial charge in [0.05, 0.1) is 24.4 Å². The van der Waals surface area contributed by atoms with E-state index in [0.717, 1.165) is 12.1 Å². The Morgan fingerprint density at radius 3 is 2.91 bits per heavy atom. The van der Waals surface area contributed by atoms with Crippen molar-refractivity contribution in [3.05, 3.63) is 63.4 Å². The van der Waals surface area contributed by atoms with E-state index in [0.29, 0.717) is 17.4 Å². The van der Waals surface area contributed by atoms with Crippen molar-refractivity contribution >= 4 is 23.0 Å². The third-order valence-corrected chi connectivity index (χ3v) is 5.95. The van der Waals surface area contributed by atoms with Crippen molar-refractivity contribution in [2.45, 2.75) is 25.3 Å².